The lowest BCUT2D eigenvalue weighted by atomic mass is 10.1. The van der Waals surface area contributed by atoms with Crippen LogP contribution in [0.4, 0.5) is 0 Å². The SMILES string of the molecule is CC1=C/C=C\CC/C(C)=C\1. The topological polar surface area (TPSA) is 0 Å². The van der Waals surface area contributed by atoms with E-state index in [1.165, 1.54) is 24.0 Å². The Morgan fingerprint density at radius 3 is 2.90 bits per heavy atom. The lowest BCUT2D eigenvalue weighted by Gasteiger charge is -2.00. The van der Waals surface area contributed by atoms with Gasteiger partial charge in [-0.15, -0.1) is 0 Å². The Balaban J connectivity index is 2.77. The molecule has 0 nitrogen and oxygen atoms in total. The monoisotopic (exact) mass is 134 g/mol. The fourth-order valence-corrected chi connectivity index (χ4v) is 1.14. The van der Waals surface area contributed by atoms with Crippen LogP contribution in [0.1, 0.15) is 26.7 Å². The van der Waals surface area contributed by atoms with E-state index in [9.17, 15) is 0 Å². The van der Waals surface area contributed by atoms with Gasteiger partial charge in [0.05, 0.1) is 0 Å². The zero-order valence-electron chi connectivity index (χ0n) is 6.72. The lowest BCUT2D eigenvalue weighted by Crippen LogP contribution is -1.80. The second-order valence-electron chi connectivity index (χ2n) is 2.87. The molecule has 0 aliphatic heterocycles. The number of hydrogen-bond donors (Lipinski definition) is 0. The van der Waals surface area contributed by atoms with Gasteiger partial charge < -0.3 is 0 Å². The normalized spacial score (nSPS) is 32.6. The van der Waals surface area contributed by atoms with Crippen molar-refractivity contribution < 1.29 is 0 Å². The summed E-state index contributed by atoms with van der Waals surface area (Å²) in [5.41, 5.74) is 2.84. The predicted octanol–water partition coefficient (Wildman–Crippen LogP) is 3.23. The predicted molar refractivity (Wildman–Crippen MR) is 45.9 cm³/mol. The van der Waals surface area contributed by atoms with E-state index >= 15 is 0 Å². The van der Waals surface area contributed by atoms with Crippen LogP contribution in [0.25, 0.3) is 0 Å². The smallest absolute Gasteiger partial charge is 0.0285 e. The number of hydrogen-bond acceptors (Lipinski definition) is 0. The van der Waals surface area contributed by atoms with Gasteiger partial charge in [-0.1, -0.05) is 35.5 Å². The van der Waals surface area contributed by atoms with Gasteiger partial charge >= 0.3 is 0 Å². The van der Waals surface area contributed by atoms with Crippen LogP contribution < -0.4 is 0 Å². The van der Waals surface area contributed by atoms with E-state index in [1.54, 1.807) is 0 Å². The summed E-state index contributed by atoms with van der Waals surface area (Å²) in [7, 11) is 0. The van der Waals surface area contributed by atoms with E-state index in [-0.39, 0.29) is 0 Å². The fourth-order valence-electron chi connectivity index (χ4n) is 1.14. The van der Waals surface area contributed by atoms with E-state index in [0.29, 0.717) is 0 Å². The van der Waals surface area contributed by atoms with E-state index in [1.807, 2.05) is 0 Å². The molecule has 1 aliphatic rings. The first-order valence-corrected chi connectivity index (χ1v) is 3.79. The highest BCUT2D eigenvalue weighted by Gasteiger charge is 1.90. The van der Waals surface area contributed by atoms with E-state index < -0.39 is 0 Å². The molecule has 54 valence electrons. The van der Waals surface area contributed by atoms with Gasteiger partial charge in [0.1, 0.15) is 0 Å². The molecule has 0 radical (unpaired) electrons. The molecule has 10 heavy (non-hydrogen) atoms. The average Bonchev–Trinajstić information content (AvgIpc) is 1.83. The van der Waals surface area contributed by atoms with E-state index in [4.69, 9.17) is 0 Å². The maximum Gasteiger partial charge on any atom is -0.0285 e. The molecule has 0 atom stereocenters. The van der Waals surface area contributed by atoms with Crippen molar-refractivity contribution in [3.05, 3.63) is 35.5 Å². The summed E-state index contributed by atoms with van der Waals surface area (Å²) in [6.07, 6.45) is 11.2. The van der Waals surface area contributed by atoms with Gasteiger partial charge in [-0.2, -0.15) is 0 Å². The summed E-state index contributed by atoms with van der Waals surface area (Å²) in [4.78, 5) is 0. The van der Waals surface area contributed by atoms with Crippen LogP contribution in [0.2, 0.25) is 0 Å². The van der Waals surface area contributed by atoms with Gasteiger partial charge in [-0.05, 0) is 26.7 Å². The van der Waals surface area contributed by atoms with Crippen molar-refractivity contribution in [1.29, 1.82) is 0 Å². The molecule has 0 aromatic rings. The maximum absolute atomic E-state index is 2.25. The quantitative estimate of drug-likeness (QED) is 0.477. The number of allylic oxidation sites excluding steroid dienone is 6. The van der Waals surface area contributed by atoms with Crippen molar-refractivity contribution in [1.82, 2.24) is 0 Å². The molecule has 0 heteroatoms. The zero-order chi connectivity index (χ0) is 7.40. The van der Waals surface area contributed by atoms with Crippen molar-refractivity contribution in [2.75, 3.05) is 0 Å². The molecule has 1 rings (SSSR count). The van der Waals surface area contributed by atoms with Crippen LogP contribution >= 0.6 is 0 Å². The molecule has 0 bridgehead atoms. The molecule has 0 heterocycles. The van der Waals surface area contributed by atoms with Crippen LogP contribution in [-0.2, 0) is 0 Å². The highest BCUT2D eigenvalue weighted by atomic mass is 14.0. The van der Waals surface area contributed by atoms with Gasteiger partial charge in [0, 0.05) is 0 Å². The highest BCUT2D eigenvalue weighted by molar-refractivity contribution is 5.26. The van der Waals surface area contributed by atoms with Crippen molar-refractivity contribution in [3.8, 4) is 0 Å². The molecular formula is C10H14. The first-order valence-electron chi connectivity index (χ1n) is 3.79. The Labute approximate surface area is 62.9 Å². The van der Waals surface area contributed by atoms with Crippen LogP contribution in [0, 0.1) is 0 Å². The third-order valence-corrected chi connectivity index (χ3v) is 1.67. The first-order chi connectivity index (χ1) is 4.79. The van der Waals surface area contributed by atoms with Crippen LogP contribution in [0.15, 0.2) is 35.5 Å². The van der Waals surface area contributed by atoms with Crippen LogP contribution in [0.5, 0.6) is 0 Å². The Hall–Kier alpha value is -0.780. The highest BCUT2D eigenvalue weighted by Crippen LogP contribution is 2.11. The first kappa shape index (κ1) is 7.33. The second kappa shape index (κ2) is 3.40. The molecule has 0 saturated heterocycles. The summed E-state index contributed by atoms with van der Waals surface area (Å²) in [5.74, 6) is 0. The molecule has 0 amide bonds. The molecule has 0 unspecified atom stereocenters. The number of rotatable bonds is 0. The molecule has 1 aliphatic carbocycles. The Morgan fingerprint density at radius 2 is 2.10 bits per heavy atom. The van der Waals surface area contributed by atoms with E-state index in [0.717, 1.165) is 0 Å². The molecule has 0 N–H and O–H groups in total. The molecule has 0 aromatic heterocycles. The molecule has 0 saturated carbocycles. The van der Waals surface area contributed by atoms with Gasteiger partial charge in [0.15, 0.2) is 0 Å². The molecule has 0 aromatic carbocycles. The Bertz CT molecular complexity index is 192. The second-order valence-corrected chi connectivity index (χ2v) is 2.87. The van der Waals surface area contributed by atoms with E-state index in [2.05, 4.69) is 38.2 Å². The minimum Gasteiger partial charge on any atom is -0.0842 e. The summed E-state index contributed by atoms with van der Waals surface area (Å²) >= 11 is 0. The maximum atomic E-state index is 2.25. The van der Waals surface area contributed by atoms with Gasteiger partial charge in [-0.3, -0.25) is 0 Å². The van der Waals surface area contributed by atoms with Gasteiger partial charge in [0.25, 0.3) is 0 Å². The van der Waals surface area contributed by atoms with Crippen molar-refractivity contribution in [2.45, 2.75) is 26.7 Å². The summed E-state index contributed by atoms with van der Waals surface area (Å²) in [6.45, 7) is 4.33. The summed E-state index contributed by atoms with van der Waals surface area (Å²) < 4.78 is 0. The van der Waals surface area contributed by atoms with Crippen molar-refractivity contribution in [3.63, 3.8) is 0 Å². The summed E-state index contributed by atoms with van der Waals surface area (Å²) in [5, 5.41) is 0. The average molecular weight is 134 g/mol. The third kappa shape index (κ3) is 2.22. The molecular weight excluding hydrogens is 120 g/mol. The Kier molecular flexibility index (Phi) is 2.49. The van der Waals surface area contributed by atoms with Crippen molar-refractivity contribution in [2.24, 2.45) is 0 Å². The molecule has 0 spiro atoms. The fraction of sp³-hybridized carbons (Fsp3) is 0.400. The van der Waals surface area contributed by atoms with Gasteiger partial charge in [0.2, 0.25) is 0 Å². The van der Waals surface area contributed by atoms with Crippen molar-refractivity contribution >= 4 is 0 Å². The largest absolute Gasteiger partial charge is 0.0842 e. The lowest BCUT2D eigenvalue weighted by molar-refractivity contribution is 0.971. The third-order valence-electron chi connectivity index (χ3n) is 1.67. The Morgan fingerprint density at radius 1 is 1.30 bits per heavy atom. The van der Waals surface area contributed by atoms with Crippen LogP contribution in [-0.4, -0.2) is 0 Å². The van der Waals surface area contributed by atoms with Crippen LogP contribution in [0.3, 0.4) is 0 Å². The standard InChI is InChI=1S/C10H14/c1-9-6-4-3-5-7-10(2)8-9/h3-4,6,8H,5,7H2,1-2H3/b4-3-,9-6-,10-8-. The van der Waals surface area contributed by atoms with Gasteiger partial charge in [-0.25, -0.2) is 0 Å². The minimum atomic E-state index is 1.19. The molecule has 0 fully saturated rings. The minimum absolute atomic E-state index is 1.19. The summed E-state index contributed by atoms with van der Waals surface area (Å²) in [6, 6.07) is 0. The zero-order valence-corrected chi connectivity index (χ0v) is 6.72.